The maximum absolute atomic E-state index is 13.8. The monoisotopic (exact) mass is 314 g/mol. The minimum Gasteiger partial charge on any atom is -0.312 e. The summed E-state index contributed by atoms with van der Waals surface area (Å²) in [5.41, 5.74) is 2.46. The van der Waals surface area contributed by atoms with E-state index in [-0.39, 0.29) is 5.82 Å². The van der Waals surface area contributed by atoms with Crippen LogP contribution >= 0.6 is 27.5 Å². The number of hydrogen-bond donors (Lipinski definition) is 1. The van der Waals surface area contributed by atoms with Crippen LogP contribution in [0, 0.1) is 5.82 Å². The van der Waals surface area contributed by atoms with Gasteiger partial charge < -0.3 is 5.32 Å². The van der Waals surface area contributed by atoms with E-state index in [1.54, 1.807) is 0 Å². The molecule has 0 amide bonds. The Balaban J connectivity index is 2.43. The van der Waals surface area contributed by atoms with Crippen LogP contribution in [0.3, 0.4) is 0 Å². The van der Waals surface area contributed by atoms with E-state index in [4.69, 9.17) is 11.6 Å². The van der Waals surface area contributed by atoms with Gasteiger partial charge in [-0.1, -0.05) is 27.5 Å². The van der Waals surface area contributed by atoms with Gasteiger partial charge in [0.05, 0.1) is 0 Å². The zero-order valence-electron chi connectivity index (χ0n) is 8.86. The minimum atomic E-state index is -0.336. The molecule has 1 aromatic heterocycles. The van der Waals surface area contributed by atoms with Gasteiger partial charge in [0.2, 0.25) is 0 Å². The second kappa shape index (κ2) is 4.19. The fraction of sp³-hybridized carbons (Fsp3) is 0.250. The number of halogens is 3. The van der Waals surface area contributed by atoms with Crippen LogP contribution in [0.15, 0.2) is 16.6 Å². The maximum atomic E-state index is 13.8. The molecule has 2 heterocycles. The van der Waals surface area contributed by atoms with Gasteiger partial charge in [-0.15, -0.1) is 0 Å². The third-order valence-electron chi connectivity index (χ3n) is 3.03. The lowest BCUT2D eigenvalue weighted by Gasteiger charge is -2.20. The van der Waals surface area contributed by atoms with Gasteiger partial charge in [0, 0.05) is 22.0 Å². The molecule has 1 aromatic carbocycles. The van der Waals surface area contributed by atoms with Crippen LogP contribution < -0.4 is 5.32 Å². The second-order valence-corrected chi connectivity index (χ2v) is 5.34. The van der Waals surface area contributed by atoms with Crippen LogP contribution in [0.5, 0.6) is 0 Å². The van der Waals surface area contributed by atoms with Gasteiger partial charge in [0.15, 0.2) is 5.82 Å². The highest BCUT2D eigenvalue weighted by Gasteiger charge is 2.18. The van der Waals surface area contributed by atoms with Crippen molar-refractivity contribution >= 4 is 38.4 Å². The summed E-state index contributed by atoms with van der Waals surface area (Å²) in [5.74, 6) is -0.336. The molecule has 0 aliphatic carbocycles. The zero-order chi connectivity index (χ0) is 12.0. The fourth-order valence-electron chi connectivity index (χ4n) is 2.25. The summed E-state index contributed by atoms with van der Waals surface area (Å²) in [6, 6.07) is 3.32. The van der Waals surface area contributed by atoms with E-state index >= 15 is 0 Å². The van der Waals surface area contributed by atoms with Crippen LogP contribution in [-0.2, 0) is 13.0 Å². The van der Waals surface area contributed by atoms with Crippen molar-refractivity contribution in [3.8, 4) is 0 Å². The molecule has 0 saturated heterocycles. The standard InChI is InChI=1S/C12H9BrClFN2/c13-6-3-8-7-1-2-16-5-9(7)12(14)17-11(8)10(15)4-6/h3-4,16H,1-2,5H2. The van der Waals surface area contributed by atoms with Crippen LogP contribution in [-0.4, -0.2) is 11.5 Å². The number of fused-ring (bicyclic) bond motifs is 3. The number of hydrogen-bond acceptors (Lipinski definition) is 2. The van der Waals surface area contributed by atoms with Crippen molar-refractivity contribution in [3.05, 3.63) is 38.7 Å². The number of benzene rings is 1. The average molecular weight is 316 g/mol. The van der Waals surface area contributed by atoms with E-state index < -0.39 is 0 Å². The molecule has 17 heavy (non-hydrogen) atoms. The lowest BCUT2D eigenvalue weighted by molar-refractivity contribution is 0.630. The van der Waals surface area contributed by atoms with Crippen LogP contribution in [0.1, 0.15) is 11.1 Å². The Bertz CT molecular complexity index is 615. The molecule has 5 heteroatoms. The molecule has 2 nitrogen and oxygen atoms in total. The summed E-state index contributed by atoms with van der Waals surface area (Å²) in [4.78, 5) is 4.16. The molecule has 88 valence electrons. The molecule has 0 bridgehead atoms. The van der Waals surface area contributed by atoms with Crippen molar-refractivity contribution in [3.63, 3.8) is 0 Å². The van der Waals surface area contributed by atoms with Crippen LogP contribution in [0.25, 0.3) is 10.9 Å². The van der Waals surface area contributed by atoms with Gasteiger partial charge in [-0.3, -0.25) is 0 Å². The summed E-state index contributed by atoms with van der Waals surface area (Å²) in [7, 11) is 0. The molecule has 1 N–H and O–H groups in total. The Morgan fingerprint density at radius 2 is 2.18 bits per heavy atom. The molecule has 3 rings (SSSR count). The Labute approximate surface area is 111 Å². The maximum Gasteiger partial charge on any atom is 0.150 e. The Morgan fingerprint density at radius 1 is 1.35 bits per heavy atom. The minimum absolute atomic E-state index is 0.336. The van der Waals surface area contributed by atoms with E-state index in [0.717, 1.165) is 34.0 Å². The Morgan fingerprint density at radius 3 is 3.00 bits per heavy atom. The average Bonchev–Trinajstić information content (AvgIpc) is 2.31. The van der Waals surface area contributed by atoms with E-state index in [9.17, 15) is 4.39 Å². The van der Waals surface area contributed by atoms with Gasteiger partial charge in [0.25, 0.3) is 0 Å². The molecule has 0 spiro atoms. The van der Waals surface area contributed by atoms with Crippen molar-refractivity contribution in [2.45, 2.75) is 13.0 Å². The topological polar surface area (TPSA) is 24.9 Å². The van der Waals surface area contributed by atoms with Gasteiger partial charge in [-0.25, -0.2) is 9.37 Å². The van der Waals surface area contributed by atoms with Crippen molar-refractivity contribution in [2.24, 2.45) is 0 Å². The summed E-state index contributed by atoms with van der Waals surface area (Å²) in [6.07, 6.45) is 0.851. The first-order valence-electron chi connectivity index (χ1n) is 5.33. The van der Waals surface area contributed by atoms with Gasteiger partial charge in [-0.2, -0.15) is 0 Å². The molecule has 1 aliphatic rings. The quantitative estimate of drug-likeness (QED) is 0.753. The summed E-state index contributed by atoms with van der Waals surface area (Å²) in [6.45, 7) is 1.59. The number of nitrogens with zero attached hydrogens (tertiary/aromatic N) is 1. The van der Waals surface area contributed by atoms with Crippen molar-refractivity contribution in [1.82, 2.24) is 10.3 Å². The number of pyridine rings is 1. The molecule has 0 atom stereocenters. The molecule has 0 saturated carbocycles. The van der Waals surface area contributed by atoms with Gasteiger partial charge in [-0.05, 0) is 30.7 Å². The molecular formula is C12H9BrClFN2. The predicted octanol–water partition coefficient (Wildman–Crippen LogP) is 3.44. The summed E-state index contributed by atoms with van der Waals surface area (Å²) in [5, 5.41) is 4.51. The third kappa shape index (κ3) is 1.84. The molecule has 1 aliphatic heterocycles. The largest absolute Gasteiger partial charge is 0.312 e. The van der Waals surface area contributed by atoms with Gasteiger partial charge >= 0.3 is 0 Å². The Hall–Kier alpha value is -0.710. The van der Waals surface area contributed by atoms with Gasteiger partial charge in [0.1, 0.15) is 10.7 Å². The third-order valence-corrected chi connectivity index (χ3v) is 3.80. The predicted molar refractivity (Wildman–Crippen MR) is 69.8 cm³/mol. The molecule has 0 unspecified atom stereocenters. The highest BCUT2D eigenvalue weighted by molar-refractivity contribution is 9.10. The van der Waals surface area contributed by atoms with E-state index in [1.807, 2.05) is 6.07 Å². The lowest BCUT2D eigenvalue weighted by Crippen LogP contribution is -2.24. The SMILES string of the molecule is Fc1cc(Br)cc2c3c(c(Cl)nc12)CNCC3. The zero-order valence-corrected chi connectivity index (χ0v) is 11.2. The second-order valence-electron chi connectivity index (χ2n) is 4.07. The smallest absolute Gasteiger partial charge is 0.150 e. The summed E-state index contributed by atoms with van der Waals surface area (Å²) < 4.78 is 14.6. The van der Waals surface area contributed by atoms with E-state index in [2.05, 4.69) is 26.2 Å². The fourth-order valence-corrected chi connectivity index (χ4v) is 2.95. The normalized spacial score (nSPS) is 15.0. The molecule has 2 aromatic rings. The van der Waals surface area contributed by atoms with E-state index in [0.29, 0.717) is 17.2 Å². The first kappa shape index (κ1) is 11.4. The first-order valence-corrected chi connectivity index (χ1v) is 6.50. The summed E-state index contributed by atoms with van der Waals surface area (Å²) >= 11 is 9.42. The molecule has 0 radical (unpaired) electrons. The molecular weight excluding hydrogens is 307 g/mol. The highest BCUT2D eigenvalue weighted by atomic mass is 79.9. The first-order chi connectivity index (χ1) is 8.16. The number of nitrogens with one attached hydrogen (secondary N) is 1. The molecule has 0 fully saturated rings. The van der Waals surface area contributed by atoms with Crippen molar-refractivity contribution < 1.29 is 4.39 Å². The van der Waals surface area contributed by atoms with E-state index in [1.165, 1.54) is 6.07 Å². The number of rotatable bonds is 0. The highest BCUT2D eigenvalue weighted by Crippen LogP contribution is 2.32. The van der Waals surface area contributed by atoms with Crippen molar-refractivity contribution in [2.75, 3.05) is 6.54 Å². The van der Waals surface area contributed by atoms with Crippen LogP contribution in [0.2, 0.25) is 5.15 Å². The van der Waals surface area contributed by atoms with Crippen LogP contribution in [0.4, 0.5) is 4.39 Å². The lowest BCUT2D eigenvalue weighted by atomic mass is 9.98. The van der Waals surface area contributed by atoms with Crippen molar-refractivity contribution in [1.29, 1.82) is 0 Å². The Kier molecular flexibility index (Phi) is 2.81. The number of aromatic nitrogens is 1.